The van der Waals surface area contributed by atoms with Crippen molar-refractivity contribution >= 4 is 30.1 Å². The molecule has 0 aliphatic heterocycles. The number of fused-ring (bicyclic) bond motifs is 1. The molecule has 2 radical (unpaired) electrons. The van der Waals surface area contributed by atoms with Gasteiger partial charge in [-0.1, -0.05) is 29.7 Å². The highest BCUT2D eigenvalue weighted by atomic mass is 16.5. The molecule has 2 rings (SSSR count). The van der Waals surface area contributed by atoms with Gasteiger partial charge in [-0.05, 0) is 22.9 Å². The lowest BCUT2D eigenvalue weighted by Gasteiger charge is -2.03. The Morgan fingerprint density at radius 3 is 2.60 bits per heavy atom. The normalized spacial score (nSPS) is 10.2. The number of benzene rings is 2. The Kier molecular flexibility index (Phi) is 2.46. The molecule has 0 saturated carbocycles. The van der Waals surface area contributed by atoms with E-state index in [0.717, 1.165) is 10.8 Å². The number of carbonyl (C=O) groups excluding carboxylic acids is 1. The fourth-order valence-corrected chi connectivity index (χ4v) is 1.51. The van der Waals surface area contributed by atoms with Crippen molar-refractivity contribution in [3.63, 3.8) is 0 Å². The second-order valence-corrected chi connectivity index (χ2v) is 3.31. The third-order valence-electron chi connectivity index (χ3n) is 2.29. The number of hydrogen-bond donors (Lipinski definition) is 0. The molecule has 0 N–H and O–H groups in total. The van der Waals surface area contributed by atoms with Gasteiger partial charge in [0.05, 0.1) is 12.7 Å². The minimum Gasteiger partial charge on any atom is -0.465 e. The van der Waals surface area contributed by atoms with Gasteiger partial charge in [-0.15, -0.1) is 0 Å². The predicted molar refractivity (Wildman–Crippen MR) is 60.7 cm³/mol. The molecule has 0 amide bonds. The van der Waals surface area contributed by atoms with E-state index in [2.05, 4.69) is 4.74 Å². The summed E-state index contributed by atoms with van der Waals surface area (Å²) in [6.45, 7) is 0. The Bertz CT molecular complexity index is 520. The molecular weight excluding hydrogens is 187 g/mol. The van der Waals surface area contributed by atoms with Crippen LogP contribution in [0.1, 0.15) is 10.4 Å². The van der Waals surface area contributed by atoms with Crippen molar-refractivity contribution < 1.29 is 9.53 Å². The summed E-state index contributed by atoms with van der Waals surface area (Å²) < 4.78 is 4.65. The molecule has 2 aromatic carbocycles. The van der Waals surface area contributed by atoms with Crippen LogP contribution >= 0.6 is 0 Å². The van der Waals surface area contributed by atoms with Crippen LogP contribution < -0.4 is 5.46 Å². The maximum atomic E-state index is 11.3. The van der Waals surface area contributed by atoms with Gasteiger partial charge in [0.2, 0.25) is 0 Å². The Morgan fingerprint density at radius 1 is 1.13 bits per heavy atom. The van der Waals surface area contributed by atoms with Crippen molar-refractivity contribution in [2.24, 2.45) is 0 Å². The van der Waals surface area contributed by atoms with Gasteiger partial charge in [-0.25, -0.2) is 4.79 Å². The van der Waals surface area contributed by atoms with E-state index in [1.165, 1.54) is 7.11 Å². The van der Waals surface area contributed by atoms with E-state index in [1.54, 1.807) is 12.1 Å². The Balaban J connectivity index is 2.59. The maximum absolute atomic E-state index is 11.3. The van der Waals surface area contributed by atoms with E-state index in [4.69, 9.17) is 7.85 Å². The first kappa shape index (κ1) is 9.78. The summed E-state index contributed by atoms with van der Waals surface area (Å²) in [5.74, 6) is -0.334. The van der Waals surface area contributed by atoms with Crippen LogP contribution in [0.25, 0.3) is 10.8 Å². The highest BCUT2D eigenvalue weighted by Crippen LogP contribution is 2.15. The monoisotopic (exact) mass is 196 g/mol. The van der Waals surface area contributed by atoms with Crippen LogP contribution in [0.2, 0.25) is 0 Å². The molecule has 0 spiro atoms. The molecule has 0 heterocycles. The zero-order valence-corrected chi connectivity index (χ0v) is 8.36. The van der Waals surface area contributed by atoms with Crippen molar-refractivity contribution in [3.05, 3.63) is 42.0 Å². The molecule has 0 fully saturated rings. The van der Waals surface area contributed by atoms with Crippen LogP contribution in [0.3, 0.4) is 0 Å². The molecular formula is C12H9BO2. The zero-order valence-electron chi connectivity index (χ0n) is 8.36. The third kappa shape index (κ3) is 1.86. The van der Waals surface area contributed by atoms with Gasteiger partial charge in [0.15, 0.2) is 0 Å². The lowest BCUT2D eigenvalue weighted by Crippen LogP contribution is -2.03. The Hall–Kier alpha value is -1.77. The first-order chi connectivity index (χ1) is 7.20. The number of methoxy groups -OCH3 is 1. The molecule has 15 heavy (non-hydrogen) atoms. The number of esters is 1. The summed E-state index contributed by atoms with van der Waals surface area (Å²) in [6, 6.07) is 11.0. The van der Waals surface area contributed by atoms with Gasteiger partial charge < -0.3 is 4.74 Å². The summed E-state index contributed by atoms with van der Waals surface area (Å²) in [7, 11) is 7.03. The van der Waals surface area contributed by atoms with E-state index < -0.39 is 0 Å². The fourth-order valence-electron chi connectivity index (χ4n) is 1.51. The minimum atomic E-state index is -0.334. The van der Waals surface area contributed by atoms with Crippen LogP contribution in [0.5, 0.6) is 0 Å². The van der Waals surface area contributed by atoms with Gasteiger partial charge in [0.1, 0.15) is 7.85 Å². The molecule has 0 aliphatic rings. The zero-order chi connectivity index (χ0) is 10.8. The average Bonchev–Trinajstić information content (AvgIpc) is 2.27. The Labute approximate surface area is 89.3 Å². The molecule has 0 unspecified atom stereocenters. The molecule has 0 bridgehead atoms. The first-order valence-corrected chi connectivity index (χ1v) is 4.58. The second kappa shape index (κ2) is 3.77. The van der Waals surface area contributed by atoms with Crippen molar-refractivity contribution in [1.29, 1.82) is 0 Å². The van der Waals surface area contributed by atoms with Gasteiger partial charge in [-0.3, -0.25) is 0 Å². The van der Waals surface area contributed by atoms with E-state index in [1.807, 2.05) is 24.3 Å². The lowest BCUT2D eigenvalue weighted by atomic mass is 9.93. The van der Waals surface area contributed by atoms with E-state index in [0.29, 0.717) is 11.0 Å². The van der Waals surface area contributed by atoms with Gasteiger partial charge in [0, 0.05) is 0 Å². The number of hydrogen-bond acceptors (Lipinski definition) is 2. The average molecular weight is 196 g/mol. The highest BCUT2D eigenvalue weighted by molar-refractivity contribution is 6.33. The largest absolute Gasteiger partial charge is 0.465 e. The predicted octanol–water partition coefficient (Wildman–Crippen LogP) is 1.42. The number of carbonyl (C=O) groups is 1. The molecule has 0 saturated heterocycles. The highest BCUT2D eigenvalue weighted by Gasteiger charge is 2.05. The molecule has 0 aliphatic carbocycles. The van der Waals surface area contributed by atoms with E-state index in [9.17, 15) is 4.79 Å². The molecule has 0 aromatic heterocycles. The standard InChI is InChI=1S/C12H9BO2/c1-15-12(14)9-3-2-8-4-5-11(13)7-10(8)6-9/h2-7H,1H3. The van der Waals surface area contributed by atoms with E-state index in [-0.39, 0.29) is 5.97 Å². The van der Waals surface area contributed by atoms with Crippen LogP contribution in [0, 0.1) is 0 Å². The van der Waals surface area contributed by atoms with E-state index >= 15 is 0 Å². The minimum absolute atomic E-state index is 0.334. The summed E-state index contributed by atoms with van der Waals surface area (Å²) in [5.41, 5.74) is 1.22. The number of ether oxygens (including phenoxy) is 1. The van der Waals surface area contributed by atoms with Crippen LogP contribution in [-0.4, -0.2) is 20.9 Å². The van der Waals surface area contributed by atoms with Crippen LogP contribution in [0.15, 0.2) is 36.4 Å². The molecule has 2 aromatic rings. The van der Waals surface area contributed by atoms with Gasteiger partial charge >= 0.3 is 5.97 Å². The van der Waals surface area contributed by atoms with Gasteiger partial charge in [-0.2, -0.15) is 0 Å². The SMILES string of the molecule is [B]c1ccc2ccc(C(=O)OC)cc2c1. The lowest BCUT2D eigenvalue weighted by molar-refractivity contribution is 0.0601. The number of rotatable bonds is 1. The molecule has 2 nitrogen and oxygen atoms in total. The van der Waals surface area contributed by atoms with Crippen molar-refractivity contribution in [1.82, 2.24) is 0 Å². The fraction of sp³-hybridized carbons (Fsp3) is 0.0833. The summed E-state index contributed by atoms with van der Waals surface area (Å²) in [6.07, 6.45) is 0. The molecule has 72 valence electrons. The van der Waals surface area contributed by atoms with Gasteiger partial charge in [0.25, 0.3) is 0 Å². The van der Waals surface area contributed by atoms with Crippen molar-refractivity contribution in [3.8, 4) is 0 Å². The molecule has 0 atom stereocenters. The quantitative estimate of drug-likeness (QED) is 0.509. The summed E-state index contributed by atoms with van der Waals surface area (Å²) >= 11 is 0. The topological polar surface area (TPSA) is 26.3 Å². The Morgan fingerprint density at radius 2 is 1.87 bits per heavy atom. The smallest absolute Gasteiger partial charge is 0.337 e. The van der Waals surface area contributed by atoms with Crippen LogP contribution in [-0.2, 0) is 4.74 Å². The third-order valence-corrected chi connectivity index (χ3v) is 2.29. The molecule has 3 heteroatoms. The second-order valence-electron chi connectivity index (χ2n) is 3.31. The summed E-state index contributed by atoms with van der Waals surface area (Å²) in [5, 5.41) is 2.00. The van der Waals surface area contributed by atoms with Crippen molar-refractivity contribution in [2.45, 2.75) is 0 Å². The maximum Gasteiger partial charge on any atom is 0.337 e. The summed E-state index contributed by atoms with van der Waals surface area (Å²) in [4.78, 5) is 11.3. The first-order valence-electron chi connectivity index (χ1n) is 4.58. The van der Waals surface area contributed by atoms with Crippen LogP contribution in [0.4, 0.5) is 0 Å². The van der Waals surface area contributed by atoms with Crippen molar-refractivity contribution in [2.75, 3.05) is 7.11 Å².